The van der Waals surface area contributed by atoms with E-state index in [1.54, 1.807) is 6.07 Å². The normalized spacial score (nSPS) is 15.9. The highest BCUT2D eigenvalue weighted by molar-refractivity contribution is 6.33. The molecule has 1 aliphatic rings. The van der Waals surface area contributed by atoms with Crippen molar-refractivity contribution >= 4 is 23.2 Å². The fourth-order valence-electron chi connectivity index (χ4n) is 2.99. The summed E-state index contributed by atoms with van der Waals surface area (Å²) in [6, 6.07) is 11.4. The zero-order chi connectivity index (χ0) is 17.6. The molecular formula is C19H23ClN4O. The minimum atomic E-state index is -0.0235. The molecule has 0 radical (unpaired) electrons. The number of carbonyl (C=O) groups is 1. The molecular weight excluding hydrogens is 336 g/mol. The second-order valence-electron chi connectivity index (χ2n) is 6.33. The Morgan fingerprint density at radius 1 is 1.12 bits per heavy atom. The first-order chi connectivity index (χ1) is 12.1. The molecule has 0 saturated carbocycles. The van der Waals surface area contributed by atoms with Crippen LogP contribution in [0.5, 0.6) is 0 Å². The van der Waals surface area contributed by atoms with Crippen molar-refractivity contribution in [2.24, 2.45) is 0 Å². The van der Waals surface area contributed by atoms with Gasteiger partial charge in [0.25, 0.3) is 0 Å². The number of amides is 1. The number of pyridine rings is 1. The summed E-state index contributed by atoms with van der Waals surface area (Å²) in [6.07, 6.45) is 1.83. The molecule has 1 N–H and O–H groups in total. The van der Waals surface area contributed by atoms with Crippen LogP contribution in [-0.4, -0.2) is 53.4 Å². The molecule has 6 heteroatoms. The fourth-order valence-corrected chi connectivity index (χ4v) is 3.17. The highest BCUT2D eigenvalue weighted by Gasteiger charge is 2.19. The number of piperazine rings is 1. The quantitative estimate of drug-likeness (QED) is 0.892. The zero-order valence-electron chi connectivity index (χ0n) is 14.4. The maximum atomic E-state index is 12.2. The minimum absolute atomic E-state index is 0.0235. The van der Waals surface area contributed by atoms with Crippen LogP contribution in [0.3, 0.4) is 0 Å². The van der Waals surface area contributed by atoms with Crippen molar-refractivity contribution in [1.29, 1.82) is 0 Å². The zero-order valence-corrected chi connectivity index (χ0v) is 15.2. The van der Waals surface area contributed by atoms with Crippen LogP contribution in [0.15, 0.2) is 42.6 Å². The van der Waals surface area contributed by atoms with Gasteiger partial charge in [-0.3, -0.25) is 19.6 Å². The molecule has 0 spiro atoms. The third kappa shape index (κ3) is 5.01. The van der Waals surface area contributed by atoms with Crippen molar-refractivity contribution < 1.29 is 4.79 Å². The van der Waals surface area contributed by atoms with Crippen LogP contribution in [0.2, 0.25) is 5.02 Å². The van der Waals surface area contributed by atoms with Crippen molar-refractivity contribution in [2.75, 3.05) is 38.0 Å². The van der Waals surface area contributed by atoms with Gasteiger partial charge in [0.05, 0.1) is 17.3 Å². The highest BCUT2D eigenvalue weighted by atomic mass is 35.5. The van der Waals surface area contributed by atoms with E-state index in [1.807, 2.05) is 37.4 Å². The molecule has 0 bridgehead atoms. The summed E-state index contributed by atoms with van der Waals surface area (Å²) in [4.78, 5) is 21.2. The molecule has 1 fully saturated rings. The molecule has 1 saturated heterocycles. The van der Waals surface area contributed by atoms with Crippen molar-refractivity contribution in [1.82, 2.24) is 14.8 Å². The Morgan fingerprint density at radius 2 is 1.84 bits per heavy atom. The summed E-state index contributed by atoms with van der Waals surface area (Å²) >= 11 is 6.08. The first-order valence-electron chi connectivity index (χ1n) is 8.51. The second kappa shape index (κ2) is 8.43. The average Bonchev–Trinajstić information content (AvgIpc) is 2.61. The lowest BCUT2D eigenvalue weighted by Crippen LogP contribution is -2.48. The molecule has 5 nitrogen and oxygen atoms in total. The number of carbonyl (C=O) groups excluding carboxylic acids is 1. The lowest BCUT2D eigenvalue weighted by atomic mass is 10.2. The Morgan fingerprint density at radius 3 is 2.56 bits per heavy atom. The summed E-state index contributed by atoms with van der Waals surface area (Å²) in [5, 5.41) is 3.44. The van der Waals surface area contributed by atoms with Gasteiger partial charge < -0.3 is 5.32 Å². The van der Waals surface area contributed by atoms with E-state index in [0.29, 0.717) is 17.3 Å². The molecule has 3 rings (SSSR count). The van der Waals surface area contributed by atoms with E-state index in [9.17, 15) is 4.79 Å². The van der Waals surface area contributed by atoms with E-state index in [2.05, 4.69) is 26.2 Å². The number of aromatic nitrogens is 1. The third-order valence-corrected chi connectivity index (χ3v) is 4.82. The third-order valence-electron chi connectivity index (χ3n) is 4.49. The van der Waals surface area contributed by atoms with Crippen LogP contribution in [0, 0.1) is 6.92 Å². The molecule has 1 amide bonds. The van der Waals surface area contributed by atoms with Gasteiger partial charge in [0.15, 0.2) is 0 Å². The summed E-state index contributed by atoms with van der Waals surface area (Å²) in [5.41, 5.74) is 3.02. The van der Waals surface area contributed by atoms with Gasteiger partial charge in [0.1, 0.15) is 0 Å². The molecule has 132 valence electrons. The van der Waals surface area contributed by atoms with Crippen molar-refractivity contribution in [3.8, 4) is 0 Å². The molecule has 2 aromatic rings. The van der Waals surface area contributed by atoms with Crippen LogP contribution in [0.25, 0.3) is 0 Å². The molecule has 0 unspecified atom stereocenters. The number of hydrogen-bond donors (Lipinski definition) is 1. The maximum Gasteiger partial charge on any atom is 0.238 e. The number of nitrogens with one attached hydrogen (secondary N) is 1. The van der Waals surface area contributed by atoms with Crippen LogP contribution in [-0.2, 0) is 11.3 Å². The van der Waals surface area contributed by atoms with Crippen LogP contribution >= 0.6 is 11.6 Å². The van der Waals surface area contributed by atoms with E-state index in [0.717, 1.165) is 38.4 Å². The lowest BCUT2D eigenvalue weighted by Gasteiger charge is -2.34. The predicted molar refractivity (Wildman–Crippen MR) is 101 cm³/mol. The summed E-state index contributed by atoms with van der Waals surface area (Å²) in [5.74, 6) is -0.0235. The van der Waals surface area contributed by atoms with Crippen LogP contribution in [0.1, 0.15) is 11.3 Å². The Hall–Kier alpha value is -1.95. The number of anilines is 1. The Balaban J connectivity index is 1.45. The van der Waals surface area contributed by atoms with Gasteiger partial charge >= 0.3 is 0 Å². The van der Waals surface area contributed by atoms with E-state index in [-0.39, 0.29) is 5.91 Å². The van der Waals surface area contributed by atoms with Gasteiger partial charge in [-0.05, 0) is 30.7 Å². The Labute approximate surface area is 153 Å². The van der Waals surface area contributed by atoms with Gasteiger partial charge in [0.2, 0.25) is 5.91 Å². The standard InChI is InChI=1S/C19H23ClN4O/c1-15-16(5-4-8-21-15)13-23-9-11-24(12-10-23)14-19(25)22-18-7-3-2-6-17(18)20/h2-8H,9-14H2,1H3,(H,22,25). The fraction of sp³-hybridized carbons (Fsp3) is 0.368. The van der Waals surface area contributed by atoms with E-state index < -0.39 is 0 Å². The van der Waals surface area contributed by atoms with E-state index in [4.69, 9.17) is 11.6 Å². The number of halogens is 1. The average molecular weight is 359 g/mol. The first-order valence-corrected chi connectivity index (χ1v) is 8.89. The van der Waals surface area contributed by atoms with Crippen LogP contribution < -0.4 is 5.32 Å². The van der Waals surface area contributed by atoms with E-state index in [1.165, 1.54) is 5.56 Å². The lowest BCUT2D eigenvalue weighted by molar-refractivity contribution is -0.117. The summed E-state index contributed by atoms with van der Waals surface area (Å²) in [7, 11) is 0. The van der Waals surface area contributed by atoms with Gasteiger partial charge in [-0.15, -0.1) is 0 Å². The number of benzene rings is 1. The summed E-state index contributed by atoms with van der Waals surface area (Å²) < 4.78 is 0. The minimum Gasteiger partial charge on any atom is -0.324 e. The van der Waals surface area contributed by atoms with Gasteiger partial charge in [-0.2, -0.15) is 0 Å². The molecule has 2 heterocycles. The van der Waals surface area contributed by atoms with Gasteiger partial charge in [0, 0.05) is 44.6 Å². The number of rotatable bonds is 5. The largest absolute Gasteiger partial charge is 0.324 e. The van der Waals surface area contributed by atoms with E-state index >= 15 is 0 Å². The maximum absolute atomic E-state index is 12.2. The van der Waals surface area contributed by atoms with Gasteiger partial charge in [-0.1, -0.05) is 29.8 Å². The topological polar surface area (TPSA) is 48.5 Å². The smallest absolute Gasteiger partial charge is 0.238 e. The second-order valence-corrected chi connectivity index (χ2v) is 6.74. The molecule has 1 aromatic carbocycles. The number of aryl methyl sites for hydroxylation is 1. The predicted octanol–water partition coefficient (Wildman–Crippen LogP) is 2.80. The molecule has 0 atom stereocenters. The van der Waals surface area contributed by atoms with Crippen molar-refractivity contribution in [3.05, 3.63) is 58.9 Å². The number of nitrogens with zero attached hydrogens (tertiary/aromatic N) is 3. The monoisotopic (exact) mass is 358 g/mol. The SMILES string of the molecule is Cc1ncccc1CN1CCN(CC(=O)Nc2ccccc2Cl)CC1. The highest BCUT2D eigenvalue weighted by Crippen LogP contribution is 2.20. The number of para-hydroxylation sites is 1. The van der Waals surface area contributed by atoms with Gasteiger partial charge in [-0.25, -0.2) is 0 Å². The Kier molecular flexibility index (Phi) is 6.02. The first kappa shape index (κ1) is 17.9. The summed E-state index contributed by atoms with van der Waals surface area (Å²) in [6.45, 7) is 7.03. The molecule has 25 heavy (non-hydrogen) atoms. The molecule has 1 aliphatic heterocycles. The Bertz CT molecular complexity index is 729. The number of hydrogen-bond acceptors (Lipinski definition) is 4. The van der Waals surface area contributed by atoms with Crippen molar-refractivity contribution in [2.45, 2.75) is 13.5 Å². The van der Waals surface area contributed by atoms with Crippen LogP contribution in [0.4, 0.5) is 5.69 Å². The molecule has 1 aromatic heterocycles. The molecule has 0 aliphatic carbocycles. The van der Waals surface area contributed by atoms with Crippen molar-refractivity contribution in [3.63, 3.8) is 0 Å².